The van der Waals surface area contributed by atoms with Crippen LogP contribution < -0.4 is 4.74 Å². The van der Waals surface area contributed by atoms with E-state index in [0.717, 1.165) is 11.3 Å². The Morgan fingerprint density at radius 3 is 2.58 bits per heavy atom. The molecule has 0 radical (unpaired) electrons. The van der Waals surface area contributed by atoms with Gasteiger partial charge in [-0.05, 0) is 37.6 Å². The van der Waals surface area contributed by atoms with E-state index in [2.05, 4.69) is 0 Å². The minimum absolute atomic E-state index is 0.202. The summed E-state index contributed by atoms with van der Waals surface area (Å²) < 4.78 is 23.8. The molecule has 0 aliphatic heterocycles. The second kappa shape index (κ2) is 5.45. The summed E-state index contributed by atoms with van der Waals surface area (Å²) in [5.74, 6) is 1.23. The van der Waals surface area contributed by atoms with Gasteiger partial charge in [0.25, 0.3) is 0 Å². The molecule has 4 heteroatoms. The Balaban J connectivity index is 2.17. The zero-order valence-corrected chi connectivity index (χ0v) is 11.2. The van der Waals surface area contributed by atoms with Gasteiger partial charge in [-0.1, -0.05) is 6.07 Å². The summed E-state index contributed by atoms with van der Waals surface area (Å²) in [6.07, 6.45) is -0.369. The summed E-state index contributed by atoms with van der Waals surface area (Å²) in [6, 6.07) is 6.49. The van der Waals surface area contributed by atoms with Gasteiger partial charge < -0.3 is 14.3 Å². The number of furan rings is 1. The van der Waals surface area contributed by atoms with Crippen LogP contribution >= 0.6 is 0 Å². The Hall–Kier alpha value is -1.81. The summed E-state index contributed by atoms with van der Waals surface area (Å²) in [6.45, 7) is 3.64. The molecule has 1 atom stereocenters. The smallest absolute Gasteiger partial charge is 0.165 e. The third-order valence-electron chi connectivity index (χ3n) is 3.08. The first-order chi connectivity index (χ1) is 9.01. The molecular formula is C15H17FO3. The third kappa shape index (κ3) is 2.96. The zero-order chi connectivity index (χ0) is 14.0. The number of rotatable bonds is 4. The molecule has 0 fully saturated rings. The van der Waals surface area contributed by atoms with E-state index in [9.17, 15) is 9.50 Å². The molecule has 1 heterocycles. The number of aliphatic hydroxyl groups is 1. The predicted octanol–water partition coefficient (Wildman–Crippen LogP) is 3.32. The normalized spacial score (nSPS) is 12.5. The summed E-state index contributed by atoms with van der Waals surface area (Å²) in [7, 11) is 1.42. The Morgan fingerprint density at radius 2 is 2.05 bits per heavy atom. The van der Waals surface area contributed by atoms with Gasteiger partial charge >= 0.3 is 0 Å². The monoisotopic (exact) mass is 264 g/mol. The number of aryl methyl sites for hydroxylation is 2. The van der Waals surface area contributed by atoms with E-state index < -0.39 is 11.9 Å². The highest BCUT2D eigenvalue weighted by Crippen LogP contribution is 2.26. The van der Waals surface area contributed by atoms with Gasteiger partial charge in [0.15, 0.2) is 11.6 Å². The highest BCUT2D eigenvalue weighted by molar-refractivity contribution is 5.31. The van der Waals surface area contributed by atoms with Gasteiger partial charge in [-0.15, -0.1) is 0 Å². The van der Waals surface area contributed by atoms with Gasteiger partial charge in [-0.2, -0.15) is 0 Å². The van der Waals surface area contributed by atoms with Crippen molar-refractivity contribution in [1.29, 1.82) is 0 Å². The molecule has 0 bridgehead atoms. The molecule has 0 aliphatic rings. The highest BCUT2D eigenvalue weighted by Gasteiger charge is 2.16. The predicted molar refractivity (Wildman–Crippen MR) is 69.8 cm³/mol. The zero-order valence-electron chi connectivity index (χ0n) is 11.2. The molecule has 0 spiro atoms. The number of ether oxygens (including phenoxy) is 1. The molecule has 102 valence electrons. The molecule has 2 rings (SSSR count). The van der Waals surface area contributed by atoms with Crippen LogP contribution in [0.15, 0.2) is 28.7 Å². The van der Waals surface area contributed by atoms with Gasteiger partial charge in [0, 0.05) is 12.0 Å². The van der Waals surface area contributed by atoms with Gasteiger partial charge in [0.05, 0.1) is 13.2 Å². The van der Waals surface area contributed by atoms with Crippen molar-refractivity contribution in [2.24, 2.45) is 0 Å². The van der Waals surface area contributed by atoms with Gasteiger partial charge in [-0.25, -0.2) is 4.39 Å². The van der Waals surface area contributed by atoms with Crippen molar-refractivity contribution in [2.45, 2.75) is 26.4 Å². The molecule has 1 aromatic heterocycles. The van der Waals surface area contributed by atoms with Crippen molar-refractivity contribution in [2.75, 3.05) is 7.11 Å². The number of hydrogen-bond acceptors (Lipinski definition) is 3. The van der Waals surface area contributed by atoms with E-state index >= 15 is 0 Å². The molecular weight excluding hydrogens is 247 g/mol. The van der Waals surface area contributed by atoms with Crippen LogP contribution in [-0.4, -0.2) is 12.2 Å². The molecule has 1 N–H and O–H groups in total. The fourth-order valence-corrected chi connectivity index (χ4v) is 2.15. The van der Waals surface area contributed by atoms with Crippen LogP contribution in [0.5, 0.6) is 5.75 Å². The lowest BCUT2D eigenvalue weighted by Crippen LogP contribution is -2.02. The van der Waals surface area contributed by atoms with Crippen LogP contribution in [0.4, 0.5) is 4.39 Å². The summed E-state index contributed by atoms with van der Waals surface area (Å²) in [5, 5.41) is 10.2. The Kier molecular flexibility index (Phi) is 3.90. The molecule has 1 aromatic carbocycles. The molecule has 0 saturated carbocycles. The van der Waals surface area contributed by atoms with Gasteiger partial charge in [0.2, 0.25) is 0 Å². The maximum absolute atomic E-state index is 13.6. The maximum Gasteiger partial charge on any atom is 0.165 e. The first kappa shape index (κ1) is 13.6. The van der Waals surface area contributed by atoms with Crippen LogP contribution in [0.1, 0.15) is 28.8 Å². The topological polar surface area (TPSA) is 42.6 Å². The van der Waals surface area contributed by atoms with Gasteiger partial charge in [0.1, 0.15) is 11.5 Å². The summed E-state index contributed by atoms with van der Waals surface area (Å²) in [4.78, 5) is 0. The molecule has 19 heavy (non-hydrogen) atoms. The third-order valence-corrected chi connectivity index (χ3v) is 3.08. The fourth-order valence-electron chi connectivity index (χ4n) is 2.15. The van der Waals surface area contributed by atoms with Gasteiger partial charge in [-0.3, -0.25) is 0 Å². The fraction of sp³-hybridized carbons (Fsp3) is 0.333. The average molecular weight is 264 g/mol. The first-order valence-electron chi connectivity index (χ1n) is 6.08. The number of hydrogen-bond donors (Lipinski definition) is 1. The Morgan fingerprint density at radius 1 is 1.32 bits per heavy atom. The molecule has 0 saturated heterocycles. The van der Waals surface area contributed by atoms with Crippen molar-refractivity contribution in [3.05, 3.63) is 52.7 Å². The SMILES string of the molecule is COc1ccc(CC(O)c2cc(C)oc2C)cc1F. The number of methoxy groups -OCH3 is 1. The maximum atomic E-state index is 13.6. The van der Waals surface area contributed by atoms with Crippen LogP contribution in [0.25, 0.3) is 0 Å². The Bertz CT molecular complexity index is 575. The van der Waals surface area contributed by atoms with E-state index in [4.69, 9.17) is 9.15 Å². The van der Waals surface area contributed by atoms with Crippen molar-refractivity contribution < 1.29 is 18.7 Å². The van der Waals surface area contributed by atoms with E-state index in [1.165, 1.54) is 13.2 Å². The number of halogens is 1. The van der Waals surface area contributed by atoms with E-state index in [1.54, 1.807) is 25.1 Å². The van der Waals surface area contributed by atoms with Crippen LogP contribution in [0.3, 0.4) is 0 Å². The largest absolute Gasteiger partial charge is 0.494 e. The highest BCUT2D eigenvalue weighted by atomic mass is 19.1. The van der Waals surface area contributed by atoms with Crippen molar-refractivity contribution in [3.8, 4) is 5.75 Å². The number of aliphatic hydroxyl groups excluding tert-OH is 1. The summed E-state index contributed by atoms with van der Waals surface area (Å²) in [5.41, 5.74) is 1.46. The molecule has 0 amide bonds. The van der Waals surface area contributed by atoms with E-state index in [0.29, 0.717) is 17.7 Å². The minimum Gasteiger partial charge on any atom is -0.494 e. The molecule has 1 unspecified atom stereocenters. The van der Waals surface area contributed by atoms with Crippen molar-refractivity contribution in [1.82, 2.24) is 0 Å². The summed E-state index contributed by atoms with van der Waals surface area (Å²) >= 11 is 0. The first-order valence-corrected chi connectivity index (χ1v) is 6.08. The van der Waals surface area contributed by atoms with Crippen LogP contribution in [0, 0.1) is 19.7 Å². The molecule has 0 aliphatic carbocycles. The second-order valence-corrected chi connectivity index (χ2v) is 4.56. The average Bonchev–Trinajstić information content (AvgIpc) is 2.69. The lowest BCUT2D eigenvalue weighted by atomic mass is 10.0. The lowest BCUT2D eigenvalue weighted by Gasteiger charge is -2.10. The van der Waals surface area contributed by atoms with Crippen molar-refractivity contribution >= 4 is 0 Å². The Labute approximate surface area is 111 Å². The standard InChI is InChI=1S/C15H17FO3/c1-9-6-12(10(2)19-9)14(17)8-11-4-5-15(18-3)13(16)7-11/h4-7,14,17H,8H2,1-3H3. The van der Waals surface area contributed by atoms with E-state index in [-0.39, 0.29) is 5.75 Å². The lowest BCUT2D eigenvalue weighted by molar-refractivity contribution is 0.176. The quantitative estimate of drug-likeness (QED) is 0.921. The van der Waals surface area contributed by atoms with Crippen LogP contribution in [-0.2, 0) is 6.42 Å². The minimum atomic E-state index is -0.703. The second-order valence-electron chi connectivity index (χ2n) is 4.56. The van der Waals surface area contributed by atoms with Crippen LogP contribution in [0.2, 0.25) is 0 Å². The molecule has 2 aromatic rings. The van der Waals surface area contributed by atoms with Crippen molar-refractivity contribution in [3.63, 3.8) is 0 Å². The number of benzene rings is 1. The molecule has 3 nitrogen and oxygen atoms in total. The van der Waals surface area contributed by atoms with E-state index in [1.807, 2.05) is 6.92 Å².